The van der Waals surface area contributed by atoms with E-state index in [1.54, 1.807) is 0 Å². The number of likely N-dealkylation sites (N-methyl/N-ethyl adjacent to an activating group) is 1. The first-order valence-electron chi connectivity index (χ1n) is 4.26. The van der Waals surface area contributed by atoms with Crippen molar-refractivity contribution in [2.24, 2.45) is 0 Å². The van der Waals surface area contributed by atoms with Crippen LogP contribution in [-0.4, -0.2) is 53.7 Å². The molecule has 1 saturated heterocycles. The number of nitrogens with zero attached hydrogens (tertiary/aromatic N) is 2. The number of hydrogen-bond acceptors (Lipinski definition) is 4. The van der Waals surface area contributed by atoms with Crippen LogP contribution in [0.15, 0.2) is 0 Å². The van der Waals surface area contributed by atoms with Crippen molar-refractivity contribution in [3.05, 3.63) is 0 Å². The fourth-order valence-electron chi connectivity index (χ4n) is 1.25. The minimum absolute atomic E-state index is 0.423. The number of amides is 5. The zero-order valence-corrected chi connectivity index (χ0v) is 8.60. The van der Waals surface area contributed by atoms with Crippen LogP contribution in [0.4, 0.5) is 4.79 Å². The average Bonchev–Trinajstić information content (AvgIpc) is 2.39. The van der Waals surface area contributed by atoms with Crippen molar-refractivity contribution >= 4 is 23.8 Å². The van der Waals surface area contributed by atoms with E-state index in [-0.39, 0.29) is 0 Å². The van der Waals surface area contributed by atoms with E-state index in [0.29, 0.717) is 4.90 Å². The van der Waals surface area contributed by atoms with Crippen molar-refractivity contribution in [3.63, 3.8) is 0 Å². The highest BCUT2D eigenvalue weighted by molar-refractivity contribution is 6.45. The summed E-state index contributed by atoms with van der Waals surface area (Å²) in [6, 6.07) is -1.83. The zero-order chi connectivity index (χ0) is 11.7. The van der Waals surface area contributed by atoms with Gasteiger partial charge in [-0.15, -0.1) is 0 Å². The minimum Gasteiger partial charge on any atom is -0.347 e. The van der Waals surface area contributed by atoms with Crippen LogP contribution in [-0.2, 0) is 14.4 Å². The standard InChI is InChI=1S/C8H11N3O4/c1-4(6(13)10(2)3)11-7(14)5(12)9-8(11)15/h4H,1-3H3,(H,9,12,15). The summed E-state index contributed by atoms with van der Waals surface area (Å²) >= 11 is 0. The molecule has 0 spiro atoms. The Morgan fingerprint density at radius 2 is 1.87 bits per heavy atom. The number of carbonyl (C=O) groups is 4. The van der Waals surface area contributed by atoms with Gasteiger partial charge in [0, 0.05) is 14.1 Å². The molecule has 1 heterocycles. The Hall–Kier alpha value is -1.92. The second-order valence-corrected chi connectivity index (χ2v) is 3.34. The van der Waals surface area contributed by atoms with Crippen LogP contribution >= 0.6 is 0 Å². The maximum atomic E-state index is 11.5. The number of rotatable bonds is 2. The van der Waals surface area contributed by atoms with Gasteiger partial charge in [0.05, 0.1) is 0 Å². The summed E-state index contributed by atoms with van der Waals surface area (Å²) in [5, 5.41) is 1.82. The van der Waals surface area contributed by atoms with E-state index in [1.807, 2.05) is 5.32 Å². The molecular weight excluding hydrogens is 202 g/mol. The predicted octanol–water partition coefficient (Wildman–Crippen LogP) is -1.46. The fourth-order valence-corrected chi connectivity index (χ4v) is 1.25. The normalized spacial score (nSPS) is 17.8. The number of hydrogen-bond donors (Lipinski definition) is 1. The third-order valence-electron chi connectivity index (χ3n) is 2.04. The molecule has 5 amide bonds. The molecule has 7 heteroatoms. The molecule has 1 fully saturated rings. The molecule has 1 aliphatic rings. The lowest BCUT2D eigenvalue weighted by atomic mass is 10.2. The number of nitrogens with one attached hydrogen (secondary N) is 1. The third kappa shape index (κ3) is 1.80. The lowest BCUT2D eigenvalue weighted by molar-refractivity contribution is -0.144. The van der Waals surface area contributed by atoms with Crippen molar-refractivity contribution in [3.8, 4) is 0 Å². The smallest absolute Gasteiger partial charge is 0.332 e. The van der Waals surface area contributed by atoms with Crippen molar-refractivity contribution < 1.29 is 19.2 Å². The van der Waals surface area contributed by atoms with E-state index in [4.69, 9.17) is 0 Å². The number of carbonyl (C=O) groups excluding carboxylic acids is 4. The Labute approximate surface area is 86.0 Å². The van der Waals surface area contributed by atoms with E-state index >= 15 is 0 Å². The molecule has 1 aliphatic heterocycles. The van der Waals surface area contributed by atoms with Crippen LogP contribution in [0.2, 0.25) is 0 Å². The molecule has 1 rings (SSSR count). The van der Waals surface area contributed by atoms with E-state index in [9.17, 15) is 19.2 Å². The van der Waals surface area contributed by atoms with Gasteiger partial charge in [-0.05, 0) is 6.92 Å². The second-order valence-electron chi connectivity index (χ2n) is 3.34. The number of imide groups is 2. The molecule has 7 nitrogen and oxygen atoms in total. The molecule has 0 bridgehead atoms. The van der Waals surface area contributed by atoms with Crippen molar-refractivity contribution in [1.82, 2.24) is 15.1 Å². The lowest BCUT2D eigenvalue weighted by Gasteiger charge is -2.22. The van der Waals surface area contributed by atoms with Gasteiger partial charge in [0.15, 0.2) is 0 Å². The molecule has 1 unspecified atom stereocenters. The SMILES string of the molecule is CC(C(=O)N(C)C)N1C(=O)NC(=O)C1=O. The van der Waals surface area contributed by atoms with Gasteiger partial charge < -0.3 is 4.90 Å². The molecule has 0 saturated carbocycles. The first-order chi connectivity index (χ1) is 6.86. The van der Waals surface area contributed by atoms with Gasteiger partial charge >= 0.3 is 17.8 Å². The van der Waals surface area contributed by atoms with Gasteiger partial charge in [-0.25, -0.2) is 9.69 Å². The number of urea groups is 1. The van der Waals surface area contributed by atoms with Gasteiger partial charge in [0.2, 0.25) is 5.91 Å². The highest BCUT2D eigenvalue weighted by atomic mass is 16.2. The van der Waals surface area contributed by atoms with E-state index < -0.39 is 29.8 Å². The Bertz CT molecular complexity index is 350. The fraction of sp³-hybridized carbons (Fsp3) is 0.500. The van der Waals surface area contributed by atoms with Gasteiger partial charge in [0.1, 0.15) is 6.04 Å². The van der Waals surface area contributed by atoms with Gasteiger partial charge in [0.25, 0.3) is 0 Å². The van der Waals surface area contributed by atoms with Crippen LogP contribution in [0.25, 0.3) is 0 Å². The molecular formula is C8H11N3O4. The molecule has 0 aliphatic carbocycles. The highest BCUT2D eigenvalue weighted by Gasteiger charge is 2.42. The monoisotopic (exact) mass is 213 g/mol. The van der Waals surface area contributed by atoms with Crippen LogP contribution < -0.4 is 5.32 Å². The Balaban J connectivity index is 2.89. The predicted molar refractivity (Wildman–Crippen MR) is 48.5 cm³/mol. The summed E-state index contributed by atoms with van der Waals surface area (Å²) in [7, 11) is 3.00. The summed E-state index contributed by atoms with van der Waals surface area (Å²) < 4.78 is 0. The Morgan fingerprint density at radius 1 is 1.33 bits per heavy atom. The van der Waals surface area contributed by atoms with E-state index in [0.717, 1.165) is 0 Å². The summed E-state index contributed by atoms with van der Waals surface area (Å²) in [4.78, 5) is 46.5. The maximum Gasteiger partial charge on any atom is 0.332 e. The zero-order valence-electron chi connectivity index (χ0n) is 8.60. The van der Waals surface area contributed by atoms with Crippen LogP contribution in [0.1, 0.15) is 6.92 Å². The maximum absolute atomic E-state index is 11.5. The van der Waals surface area contributed by atoms with E-state index in [1.165, 1.54) is 25.9 Å². The lowest BCUT2D eigenvalue weighted by Crippen LogP contribution is -2.47. The van der Waals surface area contributed by atoms with Crippen LogP contribution in [0, 0.1) is 0 Å². The minimum atomic E-state index is -1.00. The summed E-state index contributed by atoms with van der Waals surface area (Å²) in [5.41, 5.74) is 0. The van der Waals surface area contributed by atoms with E-state index in [2.05, 4.69) is 0 Å². The Morgan fingerprint density at radius 3 is 2.20 bits per heavy atom. The van der Waals surface area contributed by atoms with Gasteiger partial charge in [-0.2, -0.15) is 0 Å². The molecule has 0 aromatic rings. The molecule has 15 heavy (non-hydrogen) atoms. The average molecular weight is 213 g/mol. The molecule has 0 radical (unpaired) electrons. The largest absolute Gasteiger partial charge is 0.347 e. The molecule has 82 valence electrons. The van der Waals surface area contributed by atoms with Crippen molar-refractivity contribution in [2.75, 3.05) is 14.1 Å². The van der Waals surface area contributed by atoms with Crippen LogP contribution in [0.5, 0.6) is 0 Å². The second kappa shape index (κ2) is 3.68. The highest BCUT2D eigenvalue weighted by Crippen LogP contribution is 2.08. The van der Waals surface area contributed by atoms with Gasteiger partial charge in [-0.1, -0.05) is 0 Å². The van der Waals surface area contributed by atoms with Crippen LogP contribution in [0.3, 0.4) is 0 Å². The molecule has 1 N–H and O–H groups in total. The molecule has 1 atom stereocenters. The molecule has 0 aromatic carbocycles. The topological polar surface area (TPSA) is 86.8 Å². The quantitative estimate of drug-likeness (QED) is 0.448. The third-order valence-corrected chi connectivity index (χ3v) is 2.04. The first-order valence-corrected chi connectivity index (χ1v) is 4.26. The first kappa shape index (κ1) is 11.2. The van der Waals surface area contributed by atoms with Crippen molar-refractivity contribution in [2.45, 2.75) is 13.0 Å². The summed E-state index contributed by atoms with van der Waals surface area (Å²) in [5.74, 6) is -2.42. The van der Waals surface area contributed by atoms with Gasteiger partial charge in [-0.3, -0.25) is 19.7 Å². The van der Waals surface area contributed by atoms with Crippen molar-refractivity contribution in [1.29, 1.82) is 0 Å². The Kier molecular flexibility index (Phi) is 2.74. The summed E-state index contributed by atoms with van der Waals surface area (Å²) in [6.07, 6.45) is 0. The molecule has 0 aromatic heterocycles. The summed E-state index contributed by atoms with van der Waals surface area (Å²) in [6.45, 7) is 1.39.